The fraction of sp³-hybridized carbons (Fsp3) is 0.692. The van der Waals surface area contributed by atoms with E-state index in [4.69, 9.17) is 4.74 Å². The van der Waals surface area contributed by atoms with Crippen LogP contribution in [0.5, 0.6) is 0 Å². The van der Waals surface area contributed by atoms with E-state index < -0.39 is 5.41 Å². The summed E-state index contributed by atoms with van der Waals surface area (Å²) in [4.78, 5) is 23.2. The van der Waals surface area contributed by atoms with Gasteiger partial charge in [0.15, 0.2) is 0 Å². The van der Waals surface area contributed by atoms with Crippen LogP contribution in [0.1, 0.15) is 40.0 Å². The molecule has 0 aromatic carbocycles. The van der Waals surface area contributed by atoms with E-state index in [9.17, 15) is 9.59 Å². The molecule has 0 aliphatic carbocycles. The molecule has 0 unspecified atom stereocenters. The molecule has 0 saturated heterocycles. The summed E-state index contributed by atoms with van der Waals surface area (Å²) in [6.07, 6.45) is 5.72. The summed E-state index contributed by atoms with van der Waals surface area (Å²) in [6.45, 7) is 5.81. The van der Waals surface area contributed by atoms with Crippen LogP contribution < -0.4 is 5.32 Å². The lowest BCUT2D eigenvalue weighted by molar-refractivity contribution is -0.154. The van der Waals surface area contributed by atoms with E-state index in [1.165, 1.54) is 0 Å². The molecule has 0 aromatic heterocycles. The van der Waals surface area contributed by atoms with E-state index >= 15 is 0 Å². The summed E-state index contributed by atoms with van der Waals surface area (Å²) < 4.78 is 5.20. The Hall–Kier alpha value is -1.32. The lowest BCUT2D eigenvalue weighted by atomic mass is 9.89. The fourth-order valence-electron chi connectivity index (χ4n) is 1.58. The van der Waals surface area contributed by atoms with Crippen LogP contribution in [0.4, 0.5) is 0 Å². The van der Waals surface area contributed by atoms with Gasteiger partial charge in [-0.25, -0.2) is 0 Å². The molecule has 17 heavy (non-hydrogen) atoms. The average Bonchev–Trinajstić information content (AvgIpc) is 2.23. The molecule has 0 spiro atoms. The molecular weight excluding hydrogens is 218 g/mol. The first kappa shape index (κ1) is 13.7. The summed E-state index contributed by atoms with van der Waals surface area (Å²) in [6, 6.07) is -0.134. The summed E-state index contributed by atoms with van der Waals surface area (Å²) in [5.74, 6) is -0.221. The maximum absolute atomic E-state index is 11.8. The van der Waals surface area contributed by atoms with Crippen molar-refractivity contribution in [2.45, 2.75) is 46.1 Å². The maximum Gasteiger partial charge on any atom is 0.311 e. The number of carbonyl (C=O) groups is 2. The number of amides is 1. The largest absolute Gasteiger partial charge is 0.463 e. The predicted molar refractivity (Wildman–Crippen MR) is 65.3 cm³/mol. The van der Waals surface area contributed by atoms with Crippen molar-refractivity contribution in [3.05, 3.63) is 12.2 Å². The van der Waals surface area contributed by atoms with Gasteiger partial charge in [-0.2, -0.15) is 0 Å². The Kier molecular flexibility index (Phi) is 4.73. The van der Waals surface area contributed by atoms with Crippen LogP contribution in [0.2, 0.25) is 0 Å². The summed E-state index contributed by atoms with van der Waals surface area (Å²) in [5.41, 5.74) is -0.501. The van der Waals surface area contributed by atoms with Crippen LogP contribution in [0.15, 0.2) is 12.2 Å². The van der Waals surface area contributed by atoms with Gasteiger partial charge in [-0.3, -0.25) is 9.59 Å². The van der Waals surface area contributed by atoms with Gasteiger partial charge >= 0.3 is 5.97 Å². The molecule has 4 nitrogen and oxygen atoms in total. The van der Waals surface area contributed by atoms with Crippen molar-refractivity contribution in [1.82, 2.24) is 5.32 Å². The molecule has 1 aliphatic heterocycles. The SMILES string of the molecule is C[C@@H]1COC(=O)C(C)(C)CC=CCCC(=O)N1. The van der Waals surface area contributed by atoms with Crippen molar-refractivity contribution in [2.24, 2.45) is 5.41 Å². The van der Waals surface area contributed by atoms with Crippen molar-refractivity contribution in [1.29, 1.82) is 0 Å². The zero-order valence-electron chi connectivity index (χ0n) is 10.8. The average molecular weight is 239 g/mol. The number of cyclic esters (lactones) is 1. The Balaban J connectivity index is 2.70. The molecule has 4 heteroatoms. The Bertz CT molecular complexity index is 321. The van der Waals surface area contributed by atoms with Gasteiger partial charge in [-0.05, 0) is 33.6 Å². The monoisotopic (exact) mass is 239 g/mol. The second kappa shape index (κ2) is 5.84. The summed E-state index contributed by atoms with van der Waals surface area (Å²) in [5, 5.41) is 2.80. The topological polar surface area (TPSA) is 55.4 Å². The molecule has 0 aromatic rings. The highest BCUT2D eigenvalue weighted by molar-refractivity contribution is 5.77. The maximum atomic E-state index is 11.8. The zero-order chi connectivity index (χ0) is 12.9. The number of rotatable bonds is 0. The molecule has 0 fully saturated rings. The number of hydrogen-bond acceptors (Lipinski definition) is 3. The molecule has 96 valence electrons. The van der Waals surface area contributed by atoms with E-state index in [1.807, 2.05) is 32.9 Å². The minimum atomic E-state index is -0.501. The second-order valence-electron chi connectivity index (χ2n) is 5.17. The van der Waals surface area contributed by atoms with Gasteiger partial charge in [0.25, 0.3) is 0 Å². The van der Waals surface area contributed by atoms with Gasteiger partial charge in [0, 0.05) is 6.42 Å². The van der Waals surface area contributed by atoms with Crippen LogP contribution in [-0.4, -0.2) is 24.5 Å². The molecule has 0 radical (unpaired) electrons. The highest BCUT2D eigenvalue weighted by atomic mass is 16.5. The second-order valence-corrected chi connectivity index (χ2v) is 5.17. The van der Waals surface area contributed by atoms with Crippen molar-refractivity contribution in [3.63, 3.8) is 0 Å². The number of ether oxygens (including phenoxy) is 1. The third kappa shape index (κ3) is 4.59. The van der Waals surface area contributed by atoms with Crippen LogP contribution in [0.3, 0.4) is 0 Å². The Labute approximate surface area is 102 Å². The molecule has 0 bridgehead atoms. The Morgan fingerprint density at radius 2 is 2.06 bits per heavy atom. The van der Waals surface area contributed by atoms with Crippen molar-refractivity contribution >= 4 is 11.9 Å². The summed E-state index contributed by atoms with van der Waals surface area (Å²) in [7, 11) is 0. The molecule has 1 rings (SSSR count). The molecular formula is C13H21NO3. The van der Waals surface area contributed by atoms with Crippen LogP contribution in [0.25, 0.3) is 0 Å². The highest BCUT2D eigenvalue weighted by Crippen LogP contribution is 2.23. The standard InChI is InChI=1S/C13H21NO3/c1-10-9-17-12(16)13(2,3)8-6-4-5-7-11(15)14-10/h4,6,10H,5,7-9H2,1-3H3,(H,14,15)/t10-/m1/s1. The van der Waals surface area contributed by atoms with Crippen LogP contribution >= 0.6 is 0 Å². The predicted octanol–water partition coefficient (Wildman–Crippen LogP) is 1.80. The number of esters is 1. The smallest absolute Gasteiger partial charge is 0.311 e. The quantitative estimate of drug-likeness (QED) is 0.518. The minimum Gasteiger partial charge on any atom is -0.463 e. The third-order valence-electron chi connectivity index (χ3n) is 2.76. The van der Waals surface area contributed by atoms with Crippen molar-refractivity contribution in [3.8, 4) is 0 Å². The van der Waals surface area contributed by atoms with Crippen LogP contribution in [0, 0.1) is 5.41 Å². The van der Waals surface area contributed by atoms with Gasteiger partial charge in [-0.15, -0.1) is 0 Å². The van der Waals surface area contributed by atoms with Crippen LogP contribution in [-0.2, 0) is 14.3 Å². The lowest BCUT2D eigenvalue weighted by Gasteiger charge is -2.23. The van der Waals surface area contributed by atoms with E-state index in [0.29, 0.717) is 19.3 Å². The fourth-order valence-corrected chi connectivity index (χ4v) is 1.58. The van der Waals surface area contributed by atoms with E-state index in [0.717, 1.165) is 0 Å². The van der Waals surface area contributed by atoms with E-state index in [1.54, 1.807) is 0 Å². The Morgan fingerprint density at radius 1 is 1.35 bits per heavy atom. The van der Waals surface area contributed by atoms with Gasteiger partial charge < -0.3 is 10.1 Å². The van der Waals surface area contributed by atoms with Gasteiger partial charge in [0.1, 0.15) is 6.61 Å². The molecule has 1 atom stereocenters. The van der Waals surface area contributed by atoms with Gasteiger partial charge in [-0.1, -0.05) is 12.2 Å². The number of allylic oxidation sites excluding steroid dienone is 2. The first-order valence-corrected chi connectivity index (χ1v) is 6.03. The third-order valence-corrected chi connectivity index (χ3v) is 2.76. The molecule has 0 saturated carbocycles. The van der Waals surface area contributed by atoms with E-state index in [2.05, 4.69) is 5.32 Å². The molecule has 1 aliphatic rings. The van der Waals surface area contributed by atoms with Gasteiger partial charge in [0.05, 0.1) is 11.5 Å². The number of hydrogen-bond donors (Lipinski definition) is 1. The highest BCUT2D eigenvalue weighted by Gasteiger charge is 2.28. The van der Waals surface area contributed by atoms with Crippen molar-refractivity contribution in [2.75, 3.05) is 6.61 Å². The number of nitrogens with one attached hydrogen (secondary N) is 1. The van der Waals surface area contributed by atoms with E-state index in [-0.39, 0.29) is 24.5 Å². The van der Waals surface area contributed by atoms with Gasteiger partial charge in [0.2, 0.25) is 5.91 Å². The first-order valence-electron chi connectivity index (χ1n) is 6.03. The Morgan fingerprint density at radius 3 is 2.76 bits per heavy atom. The first-order chi connectivity index (χ1) is 7.92. The lowest BCUT2D eigenvalue weighted by Crippen LogP contribution is -2.38. The molecule has 1 heterocycles. The number of carbonyl (C=O) groups excluding carboxylic acids is 2. The summed E-state index contributed by atoms with van der Waals surface area (Å²) >= 11 is 0. The van der Waals surface area contributed by atoms with Crippen molar-refractivity contribution < 1.29 is 14.3 Å². The minimum absolute atomic E-state index is 0.00182. The molecule has 1 N–H and O–H groups in total. The zero-order valence-corrected chi connectivity index (χ0v) is 10.8. The normalized spacial score (nSPS) is 26.4. The molecule has 1 amide bonds.